The van der Waals surface area contributed by atoms with Gasteiger partial charge in [-0.1, -0.05) is 51.3 Å². The predicted molar refractivity (Wildman–Crippen MR) is 260 cm³/mol. The first-order valence-electron chi connectivity index (χ1n) is 21.7. The van der Waals surface area contributed by atoms with Crippen LogP contribution in [0.4, 0.5) is 11.6 Å². The molecular weight excluding hydrogens is 969 g/mol. The van der Waals surface area contributed by atoms with Crippen LogP contribution in [0, 0.1) is 0 Å². The maximum atomic E-state index is 12.5. The van der Waals surface area contributed by atoms with E-state index in [1.807, 2.05) is 13.8 Å². The Hall–Kier alpha value is -8.46. The van der Waals surface area contributed by atoms with Crippen molar-refractivity contribution in [3.8, 4) is 0 Å². The molecule has 0 aliphatic carbocycles. The van der Waals surface area contributed by atoms with Gasteiger partial charge in [0.25, 0.3) is 0 Å². The minimum atomic E-state index is -1.31. The SMILES string of the molecule is C.C.CC1(C)OC2[C@H](O1)C(COC(=O)c1ccc(C=O)cc1)O[C@H]2n1cnc2c(N)ncnc21.Nc1ncnc2c1ncn2[C@@H]1OC(COC(=O)c2ccc(C=O)cc2)[C@@H](O)C1O.O=Cc1ccc(C(=O)O)cc1. The van der Waals surface area contributed by atoms with Gasteiger partial charge in [-0.2, -0.15) is 0 Å². The highest BCUT2D eigenvalue weighted by Crippen LogP contribution is 2.44. The Morgan fingerprint density at radius 2 is 1.00 bits per heavy atom. The first-order valence-corrected chi connectivity index (χ1v) is 21.7. The smallest absolute Gasteiger partial charge is 0.338 e. The quantitative estimate of drug-likeness (QED) is 0.0861. The summed E-state index contributed by atoms with van der Waals surface area (Å²) in [6.07, 6.45) is 0.864. The zero-order chi connectivity index (χ0) is 51.3. The molecule has 7 heterocycles. The molecule has 0 radical (unpaired) electrons. The van der Waals surface area contributed by atoms with Crippen molar-refractivity contribution in [2.45, 2.75) is 83.6 Å². The van der Waals surface area contributed by atoms with Crippen LogP contribution in [0.25, 0.3) is 22.3 Å². The van der Waals surface area contributed by atoms with Gasteiger partial charge < -0.3 is 55.2 Å². The standard InChI is InChI=1S/C21H21N5O6.C18H17N5O6.C8H6O3.2CH4/c1-21(2)31-15-13(8-29-20(28)12-5-3-11(7-27)4-6-12)30-19(16(15)32-21)26-10-25-14-17(22)23-9-24-18(14)26;19-15-12-16(21-7-20-15)23(8-22-12)17-14(26)13(25)11(29-17)6-28-18(27)10-3-1-9(5-24)2-4-10;9-5-6-1-3-7(4-2-6)8(10)11;;/h3-7,9-10,13,15-16,19H,8H2,1-2H3,(H2,22,23,24);1-5,7-8,11,13-14,17,25-26H,6H2,(H2,19,20,21);1-5H,(H,10,11);2*1H4/t13?,15-,16?,19-;11?,13-,14?,17-;;;/m11.../s1. The van der Waals surface area contributed by atoms with Gasteiger partial charge in [0.05, 0.1) is 29.3 Å². The maximum Gasteiger partial charge on any atom is 0.338 e. The number of imidazole rings is 2. The number of hydrogen-bond acceptors (Lipinski definition) is 22. The number of aldehydes is 3. The van der Waals surface area contributed by atoms with Gasteiger partial charge in [-0.25, -0.2) is 44.3 Å². The number of hydrogen-bond donors (Lipinski definition) is 5. The van der Waals surface area contributed by atoms with Crippen LogP contribution in [0.3, 0.4) is 0 Å². The monoisotopic (exact) mass is 1020 g/mol. The van der Waals surface area contributed by atoms with E-state index in [1.54, 1.807) is 23.0 Å². The van der Waals surface area contributed by atoms with Crippen molar-refractivity contribution < 1.29 is 72.5 Å². The number of nitrogen functional groups attached to an aromatic ring is 2. The van der Waals surface area contributed by atoms with Crippen molar-refractivity contribution in [2.75, 3.05) is 24.7 Å². The zero-order valence-corrected chi connectivity index (χ0v) is 38.0. The first-order chi connectivity index (χ1) is 34.6. The summed E-state index contributed by atoms with van der Waals surface area (Å²) < 4.78 is 37.8. The minimum Gasteiger partial charge on any atom is -0.478 e. The lowest BCUT2D eigenvalue weighted by Gasteiger charge is -2.24. The number of carbonyl (C=O) groups is 6. The molecule has 4 unspecified atom stereocenters. The molecule has 25 heteroatoms. The number of anilines is 2. The molecule has 74 heavy (non-hydrogen) atoms. The van der Waals surface area contributed by atoms with E-state index in [1.165, 1.54) is 84.2 Å². The minimum absolute atomic E-state index is 0. The second-order valence-corrected chi connectivity index (χ2v) is 16.6. The summed E-state index contributed by atoms with van der Waals surface area (Å²) in [4.78, 5) is 91.1. The van der Waals surface area contributed by atoms with Gasteiger partial charge in [0.15, 0.2) is 41.2 Å². The average molecular weight is 1020 g/mol. The van der Waals surface area contributed by atoms with Crippen LogP contribution in [0.2, 0.25) is 0 Å². The molecule has 3 aliphatic heterocycles. The van der Waals surface area contributed by atoms with Crippen LogP contribution in [0.1, 0.15) is 103 Å². The summed E-state index contributed by atoms with van der Waals surface area (Å²) in [7, 11) is 0. The van der Waals surface area contributed by atoms with Gasteiger partial charge in [0.1, 0.15) is 92.4 Å². The predicted octanol–water partition coefficient (Wildman–Crippen LogP) is 3.66. The summed E-state index contributed by atoms with van der Waals surface area (Å²) in [6.45, 7) is 3.29. The number of carboxylic acids is 1. The van der Waals surface area contributed by atoms with Gasteiger partial charge in [-0.05, 0) is 50.2 Å². The number of rotatable bonds is 12. The van der Waals surface area contributed by atoms with E-state index in [-0.39, 0.29) is 50.8 Å². The van der Waals surface area contributed by atoms with Crippen molar-refractivity contribution in [1.29, 1.82) is 0 Å². The molecular formula is C49H52N10O15. The van der Waals surface area contributed by atoms with Crippen molar-refractivity contribution >= 4 is 70.7 Å². The molecule has 3 saturated heterocycles. The number of carboxylic acid groups (broad SMARTS) is 1. The number of aromatic carboxylic acids is 1. The van der Waals surface area contributed by atoms with Gasteiger partial charge in [-0.15, -0.1) is 0 Å². The molecule has 3 aromatic carbocycles. The number of esters is 2. The largest absolute Gasteiger partial charge is 0.478 e. The third kappa shape index (κ3) is 11.7. The van der Waals surface area contributed by atoms with Gasteiger partial charge in [-0.3, -0.25) is 23.5 Å². The summed E-state index contributed by atoms with van der Waals surface area (Å²) in [5.41, 5.74) is 15.4. The summed E-state index contributed by atoms with van der Waals surface area (Å²) in [6, 6.07) is 17.8. The second-order valence-electron chi connectivity index (χ2n) is 16.6. The van der Waals surface area contributed by atoms with E-state index in [2.05, 4.69) is 29.9 Å². The maximum absolute atomic E-state index is 12.5. The first kappa shape index (κ1) is 54.9. The molecule has 3 aliphatic rings. The molecule has 0 amide bonds. The molecule has 7 N–H and O–H groups in total. The molecule has 3 fully saturated rings. The van der Waals surface area contributed by atoms with Crippen molar-refractivity contribution in [3.63, 3.8) is 0 Å². The van der Waals surface area contributed by atoms with Crippen molar-refractivity contribution in [2.24, 2.45) is 0 Å². The van der Waals surface area contributed by atoms with Crippen LogP contribution >= 0.6 is 0 Å². The Morgan fingerprint density at radius 1 is 0.595 bits per heavy atom. The number of aromatic nitrogens is 8. The van der Waals surface area contributed by atoms with Crippen molar-refractivity contribution in [1.82, 2.24) is 39.0 Å². The Morgan fingerprint density at radius 3 is 1.45 bits per heavy atom. The Bertz CT molecular complexity index is 3110. The molecule has 10 rings (SSSR count). The van der Waals surface area contributed by atoms with Gasteiger partial charge in [0, 0.05) is 16.7 Å². The van der Waals surface area contributed by atoms with E-state index in [4.69, 9.17) is 45.0 Å². The highest BCUT2D eigenvalue weighted by atomic mass is 16.8. The second kappa shape index (κ2) is 23.4. The van der Waals surface area contributed by atoms with E-state index in [0.29, 0.717) is 63.4 Å². The fraction of sp³-hybridized carbons (Fsp3) is 0.306. The lowest BCUT2D eigenvalue weighted by atomic mass is 10.1. The van der Waals surface area contributed by atoms with Crippen LogP contribution < -0.4 is 11.5 Å². The fourth-order valence-electron chi connectivity index (χ4n) is 7.81. The molecule has 388 valence electrons. The van der Waals surface area contributed by atoms with Crippen LogP contribution in [-0.4, -0.2) is 147 Å². The molecule has 0 bridgehead atoms. The van der Waals surface area contributed by atoms with Crippen LogP contribution in [-0.2, 0) is 28.4 Å². The number of benzene rings is 3. The number of ether oxygens (including phenoxy) is 6. The average Bonchev–Trinajstić information content (AvgIpc) is 4.22. The Kier molecular flexibility index (Phi) is 17.3. The zero-order valence-electron chi connectivity index (χ0n) is 38.0. The van der Waals surface area contributed by atoms with E-state index in [0.717, 1.165) is 0 Å². The number of nitrogens with two attached hydrogens (primary N) is 2. The number of carbonyl (C=O) groups excluding carboxylic acids is 5. The third-order valence-corrected chi connectivity index (χ3v) is 11.4. The van der Waals surface area contributed by atoms with Crippen LogP contribution in [0.15, 0.2) is 98.1 Å². The van der Waals surface area contributed by atoms with Crippen molar-refractivity contribution in [3.05, 3.63) is 131 Å². The Labute approximate surface area is 421 Å². The summed E-state index contributed by atoms with van der Waals surface area (Å²) in [5.74, 6) is -2.56. The highest BCUT2D eigenvalue weighted by Gasteiger charge is 2.56. The topological polar surface area (TPSA) is 358 Å². The number of aliphatic hydroxyl groups excluding tert-OH is 2. The van der Waals surface area contributed by atoms with E-state index in [9.17, 15) is 39.0 Å². The third-order valence-electron chi connectivity index (χ3n) is 11.4. The van der Waals surface area contributed by atoms with Gasteiger partial charge >= 0.3 is 17.9 Å². The molecule has 4 aromatic heterocycles. The fourth-order valence-corrected chi connectivity index (χ4v) is 7.81. The normalized spacial score (nSPS) is 22.1. The number of fused-ring (bicyclic) bond motifs is 3. The molecule has 0 saturated carbocycles. The molecule has 7 aromatic rings. The lowest BCUT2D eigenvalue weighted by molar-refractivity contribution is -0.199. The highest BCUT2D eigenvalue weighted by molar-refractivity contribution is 5.91. The van der Waals surface area contributed by atoms with E-state index < -0.39 is 72.8 Å². The Balaban J connectivity index is 0.000000197. The molecule has 0 spiro atoms. The van der Waals surface area contributed by atoms with Crippen LogP contribution in [0.5, 0.6) is 0 Å². The number of aliphatic hydroxyl groups is 2. The van der Waals surface area contributed by atoms with Gasteiger partial charge in [0.2, 0.25) is 0 Å². The molecule has 8 atom stereocenters. The van der Waals surface area contributed by atoms with E-state index >= 15 is 0 Å². The summed E-state index contributed by atoms with van der Waals surface area (Å²) in [5, 5.41) is 29.2. The lowest BCUT2D eigenvalue weighted by Crippen LogP contribution is -2.34. The summed E-state index contributed by atoms with van der Waals surface area (Å²) >= 11 is 0. The molecule has 25 nitrogen and oxygen atoms in total. The number of nitrogens with zero attached hydrogens (tertiary/aromatic N) is 8.